The van der Waals surface area contributed by atoms with E-state index >= 15 is 0 Å². The van der Waals surface area contributed by atoms with Gasteiger partial charge in [-0.2, -0.15) is 0 Å². The molecular formula is C15H12FNO2. The molecule has 19 heavy (non-hydrogen) atoms. The lowest BCUT2D eigenvalue weighted by Crippen LogP contribution is -2.12. The molecule has 0 spiro atoms. The minimum atomic E-state index is -0.579. The summed E-state index contributed by atoms with van der Waals surface area (Å²) in [6, 6.07) is 12.3. The number of halogens is 1. The summed E-state index contributed by atoms with van der Waals surface area (Å²) in [5.41, 5.74) is 0.631. The molecule has 0 heterocycles. The molecule has 2 aromatic carbocycles. The quantitative estimate of drug-likeness (QED) is 0.859. The van der Waals surface area contributed by atoms with Crippen LogP contribution >= 0.6 is 0 Å². The van der Waals surface area contributed by atoms with Gasteiger partial charge >= 0.3 is 0 Å². The Labute approximate surface area is 110 Å². The molecule has 0 aliphatic carbocycles. The van der Waals surface area contributed by atoms with Crippen molar-refractivity contribution in [1.82, 2.24) is 0 Å². The van der Waals surface area contributed by atoms with E-state index < -0.39 is 11.6 Å². The number of nitrogens with one attached hydrogen (secondary N) is 1. The largest absolute Gasteiger partial charge is 0.326 e. The van der Waals surface area contributed by atoms with E-state index in [0.717, 1.165) is 0 Å². The Bertz CT molecular complexity index is 638. The molecule has 0 aliphatic heterocycles. The number of anilines is 1. The lowest BCUT2D eigenvalue weighted by molar-refractivity contribution is -0.114. The van der Waals surface area contributed by atoms with E-state index in [-0.39, 0.29) is 17.0 Å². The van der Waals surface area contributed by atoms with Crippen molar-refractivity contribution in [2.75, 3.05) is 5.32 Å². The van der Waals surface area contributed by atoms with Crippen molar-refractivity contribution in [1.29, 1.82) is 0 Å². The van der Waals surface area contributed by atoms with Crippen molar-refractivity contribution >= 4 is 17.4 Å². The Kier molecular flexibility index (Phi) is 3.71. The minimum absolute atomic E-state index is 0.0136. The normalized spacial score (nSPS) is 10.0. The van der Waals surface area contributed by atoms with Gasteiger partial charge in [-0.15, -0.1) is 0 Å². The number of hydrogen-bond acceptors (Lipinski definition) is 2. The van der Waals surface area contributed by atoms with Crippen LogP contribution in [0.3, 0.4) is 0 Å². The molecule has 4 heteroatoms. The summed E-state index contributed by atoms with van der Waals surface area (Å²) in [6.07, 6.45) is 0. The van der Waals surface area contributed by atoms with Crippen LogP contribution in [0.2, 0.25) is 0 Å². The summed E-state index contributed by atoms with van der Waals surface area (Å²) in [4.78, 5) is 23.4. The molecule has 0 aromatic heterocycles. The summed E-state index contributed by atoms with van der Waals surface area (Å²) in [5, 5.41) is 2.56. The molecule has 2 rings (SSSR count). The van der Waals surface area contributed by atoms with Gasteiger partial charge in [-0.1, -0.05) is 24.3 Å². The maximum absolute atomic E-state index is 13.6. The first kappa shape index (κ1) is 13.0. The van der Waals surface area contributed by atoms with E-state index in [9.17, 15) is 14.0 Å². The van der Waals surface area contributed by atoms with Crippen molar-refractivity contribution in [2.24, 2.45) is 0 Å². The number of carbonyl (C=O) groups is 2. The number of benzene rings is 2. The third-order valence-corrected chi connectivity index (χ3v) is 2.60. The molecule has 3 nitrogen and oxygen atoms in total. The molecule has 0 radical (unpaired) electrons. The van der Waals surface area contributed by atoms with Crippen molar-refractivity contribution in [2.45, 2.75) is 6.92 Å². The fourth-order valence-electron chi connectivity index (χ4n) is 1.77. The average Bonchev–Trinajstić information content (AvgIpc) is 2.38. The minimum Gasteiger partial charge on any atom is -0.326 e. The van der Waals surface area contributed by atoms with Gasteiger partial charge in [-0.3, -0.25) is 9.59 Å². The predicted molar refractivity (Wildman–Crippen MR) is 70.6 cm³/mol. The molecule has 0 fully saturated rings. The zero-order chi connectivity index (χ0) is 13.8. The highest BCUT2D eigenvalue weighted by molar-refractivity contribution is 6.13. The van der Waals surface area contributed by atoms with Crippen LogP contribution in [0, 0.1) is 5.82 Å². The van der Waals surface area contributed by atoms with Gasteiger partial charge in [0.25, 0.3) is 0 Å². The van der Waals surface area contributed by atoms with Crippen LogP contribution in [-0.4, -0.2) is 11.7 Å². The summed E-state index contributed by atoms with van der Waals surface area (Å²) in [7, 11) is 0. The molecule has 1 N–H and O–H groups in total. The number of rotatable bonds is 3. The topological polar surface area (TPSA) is 46.2 Å². The van der Waals surface area contributed by atoms with Crippen LogP contribution < -0.4 is 5.32 Å². The number of amides is 1. The molecule has 0 bridgehead atoms. The number of ketones is 1. The Balaban J connectivity index is 2.45. The SMILES string of the molecule is CC(=O)Nc1ccccc1C(=O)c1ccccc1F. The van der Waals surface area contributed by atoms with Crippen LogP contribution in [0.15, 0.2) is 48.5 Å². The summed E-state index contributed by atoms with van der Waals surface area (Å²) >= 11 is 0. The van der Waals surface area contributed by atoms with Crippen LogP contribution in [0.1, 0.15) is 22.8 Å². The molecule has 1 amide bonds. The Hall–Kier alpha value is -2.49. The highest BCUT2D eigenvalue weighted by Gasteiger charge is 2.16. The fraction of sp³-hybridized carbons (Fsp3) is 0.0667. The van der Waals surface area contributed by atoms with Crippen molar-refractivity contribution in [3.8, 4) is 0 Å². The standard InChI is InChI=1S/C15H12FNO2/c1-10(18)17-14-9-5-3-7-12(14)15(19)11-6-2-4-8-13(11)16/h2-9H,1H3,(H,17,18). The zero-order valence-electron chi connectivity index (χ0n) is 10.3. The molecule has 2 aromatic rings. The van der Waals surface area contributed by atoms with Gasteiger partial charge < -0.3 is 5.32 Å². The molecule has 0 saturated heterocycles. The van der Waals surface area contributed by atoms with Crippen LogP contribution in [0.5, 0.6) is 0 Å². The maximum Gasteiger partial charge on any atom is 0.221 e. The average molecular weight is 257 g/mol. The third kappa shape index (κ3) is 2.85. The summed E-state index contributed by atoms with van der Waals surface area (Å²) in [6.45, 7) is 1.35. The molecule has 0 atom stereocenters. The van der Waals surface area contributed by atoms with E-state index in [4.69, 9.17) is 0 Å². The van der Waals surface area contributed by atoms with Crippen molar-refractivity contribution in [3.63, 3.8) is 0 Å². The van der Waals surface area contributed by atoms with E-state index in [2.05, 4.69) is 5.32 Å². The summed E-state index contributed by atoms with van der Waals surface area (Å²) in [5.74, 6) is -1.32. The molecule has 0 saturated carbocycles. The van der Waals surface area contributed by atoms with Crippen LogP contribution in [-0.2, 0) is 4.79 Å². The third-order valence-electron chi connectivity index (χ3n) is 2.60. The maximum atomic E-state index is 13.6. The lowest BCUT2D eigenvalue weighted by atomic mass is 10.0. The van der Waals surface area contributed by atoms with Gasteiger partial charge in [0.05, 0.1) is 11.3 Å². The second-order valence-corrected chi connectivity index (χ2v) is 4.04. The van der Waals surface area contributed by atoms with Gasteiger partial charge in [0.1, 0.15) is 5.82 Å². The Morgan fingerprint density at radius 1 is 0.947 bits per heavy atom. The Morgan fingerprint density at radius 2 is 1.53 bits per heavy atom. The number of para-hydroxylation sites is 1. The zero-order valence-corrected chi connectivity index (χ0v) is 10.3. The van der Waals surface area contributed by atoms with Gasteiger partial charge in [0, 0.05) is 12.5 Å². The molecular weight excluding hydrogens is 245 g/mol. The second kappa shape index (κ2) is 5.44. The second-order valence-electron chi connectivity index (χ2n) is 4.04. The molecule has 0 aliphatic rings. The Morgan fingerprint density at radius 3 is 2.16 bits per heavy atom. The van der Waals surface area contributed by atoms with Crippen LogP contribution in [0.25, 0.3) is 0 Å². The van der Waals surface area contributed by atoms with E-state index in [1.165, 1.54) is 25.1 Å². The molecule has 96 valence electrons. The lowest BCUT2D eigenvalue weighted by Gasteiger charge is -2.09. The number of hydrogen-bond donors (Lipinski definition) is 1. The van der Waals surface area contributed by atoms with Crippen LogP contribution in [0.4, 0.5) is 10.1 Å². The number of carbonyl (C=O) groups excluding carboxylic acids is 2. The first-order chi connectivity index (χ1) is 9.09. The molecule has 0 unspecified atom stereocenters. The van der Waals surface area contributed by atoms with Gasteiger partial charge in [-0.25, -0.2) is 4.39 Å². The highest BCUT2D eigenvalue weighted by Crippen LogP contribution is 2.20. The van der Waals surface area contributed by atoms with E-state index in [1.807, 2.05) is 0 Å². The fourth-order valence-corrected chi connectivity index (χ4v) is 1.77. The van der Waals surface area contributed by atoms with Gasteiger partial charge in [0.15, 0.2) is 5.78 Å². The van der Waals surface area contributed by atoms with E-state index in [1.54, 1.807) is 30.3 Å². The van der Waals surface area contributed by atoms with Gasteiger partial charge in [0.2, 0.25) is 5.91 Å². The first-order valence-corrected chi connectivity index (χ1v) is 5.75. The summed E-state index contributed by atoms with van der Waals surface area (Å²) < 4.78 is 13.6. The predicted octanol–water partition coefficient (Wildman–Crippen LogP) is 3.02. The smallest absolute Gasteiger partial charge is 0.221 e. The van der Waals surface area contributed by atoms with E-state index in [0.29, 0.717) is 5.69 Å². The van der Waals surface area contributed by atoms with Crippen molar-refractivity contribution in [3.05, 3.63) is 65.5 Å². The van der Waals surface area contributed by atoms with Gasteiger partial charge in [-0.05, 0) is 24.3 Å². The van der Waals surface area contributed by atoms with Crippen molar-refractivity contribution < 1.29 is 14.0 Å². The first-order valence-electron chi connectivity index (χ1n) is 5.75. The highest BCUT2D eigenvalue weighted by atomic mass is 19.1. The monoisotopic (exact) mass is 257 g/mol.